The van der Waals surface area contributed by atoms with Crippen LogP contribution in [0.2, 0.25) is 0 Å². The minimum absolute atomic E-state index is 1.08. The summed E-state index contributed by atoms with van der Waals surface area (Å²) in [5.41, 5.74) is 2.64. The van der Waals surface area contributed by atoms with E-state index in [2.05, 4.69) is 56.3 Å². The fraction of sp³-hybridized carbons (Fsp3) is 0.231. The lowest BCUT2D eigenvalue weighted by Crippen LogP contribution is -1.75. The van der Waals surface area contributed by atoms with Gasteiger partial charge in [0.15, 0.2) is 0 Å². The van der Waals surface area contributed by atoms with Crippen LogP contribution in [0.1, 0.15) is 25.8 Å². The Labute approximate surface area is 80.6 Å². The first-order valence-electron chi connectivity index (χ1n) is 4.75. The van der Waals surface area contributed by atoms with Gasteiger partial charge in [-0.25, -0.2) is 0 Å². The van der Waals surface area contributed by atoms with Gasteiger partial charge in [0.25, 0.3) is 0 Å². The molecule has 0 heteroatoms. The molecule has 0 radical (unpaired) electrons. The summed E-state index contributed by atoms with van der Waals surface area (Å²) < 4.78 is 0. The van der Waals surface area contributed by atoms with Gasteiger partial charge in [-0.15, -0.1) is 0 Å². The number of rotatable bonds is 3. The molecule has 0 fully saturated rings. The topological polar surface area (TPSA) is 0 Å². The molecule has 0 saturated heterocycles. The van der Waals surface area contributed by atoms with Crippen molar-refractivity contribution in [3.05, 3.63) is 53.6 Å². The maximum absolute atomic E-state index is 2.22. The zero-order valence-electron chi connectivity index (χ0n) is 8.33. The van der Waals surface area contributed by atoms with Crippen molar-refractivity contribution in [3.8, 4) is 0 Å². The molecule has 68 valence electrons. The molecule has 0 aliphatic carbocycles. The summed E-state index contributed by atoms with van der Waals surface area (Å²) in [6, 6.07) is 10.4. The van der Waals surface area contributed by atoms with Crippen LogP contribution in [-0.4, -0.2) is 0 Å². The third kappa shape index (κ3) is 3.29. The van der Waals surface area contributed by atoms with Crippen LogP contribution in [0.25, 0.3) is 6.08 Å². The first-order valence-corrected chi connectivity index (χ1v) is 4.75. The first-order chi connectivity index (χ1) is 6.36. The molecule has 0 heterocycles. The van der Waals surface area contributed by atoms with Gasteiger partial charge in [0.05, 0.1) is 0 Å². The molecule has 0 aliphatic rings. The smallest absolute Gasteiger partial charge is 0.0254 e. The van der Waals surface area contributed by atoms with Crippen molar-refractivity contribution in [3.63, 3.8) is 0 Å². The normalized spacial score (nSPS) is 12.3. The van der Waals surface area contributed by atoms with Gasteiger partial charge in [-0.1, -0.05) is 55.5 Å². The van der Waals surface area contributed by atoms with Crippen molar-refractivity contribution in [2.45, 2.75) is 20.3 Å². The van der Waals surface area contributed by atoms with E-state index in [9.17, 15) is 0 Å². The Morgan fingerprint density at radius 1 is 1.23 bits per heavy atom. The van der Waals surface area contributed by atoms with Crippen molar-refractivity contribution in [2.24, 2.45) is 0 Å². The van der Waals surface area contributed by atoms with Crippen molar-refractivity contribution in [2.75, 3.05) is 0 Å². The highest BCUT2D eigenvalue weighted by atomic mass is 13.9. The minimum atomic E-state index is 1.08. The minimum Gasteiger partial charge on any atom is -0.0874 e. The second-order valence-corrected chi connectivity index (χ2v) is 2.98. The molecular weight excluding hydrogens is 156 g/mol. The van der Waals surface area contributed by atoms with Crippen LogP contribution < -0.4 is 0 Å². The average Bonchev–Trinajstić information content (AvgIpc) is 2.19. The summed E-state index contributed by atoms with van der Waals surface area (Å²) in [6.07, 6.45) is 7.55. The van der Waals surface area contributed by atoms with E-state index in [1.807, 2.05) is 6.07 Å². The van der Waals surface area contributed by atoms with Gasteiger partial charge < -0.3 is 0 Å². The molecule has 1 aromatic rings. The van der Waals surface area contributed by atoms with E-state index < -0.39 is 0 Å². The van der Waals surface area contributed by atoms with E-state index in [1.54, 1.807) is 0 Å². The Morgan fingerprint density at radius 3 is 2.46 bits per heavy atom. The molecule has 0 saturated carbocycles. The quantitative estimate of drug-likeness (QED) is 0.603. The molecule has 1 aromatic carbocycles. The number of hydrogen-bond acceptors (Lipinski definition) is 0. The Hall–Kier alpha value is -1.30. The maximum Gasteiger partial charge on any atom is -0.0254 e. The van der Waals surface area contributed by atoms with Crippen molar-refractivity contribution in [1.29, 1.82) is 0 Å². The molecule has 0 N–H and O–H groups in total. The highest BCUT2D eigenvalue weighted by Crippen LogP contribution is 2.10. The summed E-state index contributed by atoms with van der Waals surface area (Å²) in [6.45, 7) is 4.23. The van der Waals surface area contributed by atoms with E-state index in [0.717, 1.165) is 6.42 Å². The lowest BCUT2D eigenvalue weighted by atomic mass is 10.1. The largest absolute Gasteiger partial charge is 0.0874 e. The van der Waals surface area contributed by atoms with Crippen LogP contribution in [0, 0.1) is 0 Å². The molecule has 0 amide bonds. The highest BCUT2D eigenvalue weighted by molar-refractivity contribution is 5.55. The van der Waals surface area contributed by atoms with Crippen LogP contribution in [0.4, 0.5) is 0 Å². The number of benzene rings is 1. The van der Waals surface area contributed by atoms with Gasteiger partial charge in [0.1, 0.15) is 0 Å². The van der Waals surface area contributed by atoms with Gasteiger partial charge in [0.2, 0.25) is 0 Å². The summed E-state index contributed by atoms with van der Waals surface area (Å²) in [5, 5.41) is 0. The summed E-state index contributed by atoms with van der Waals surface area (Å²) in [7, 11) is 0. The second kappa shape index (κ2) is 5.36. The van der Waals surface area contributed by atoms with Crippen LogP contribution in [0.15, 0.2) is 48.1 Å². The van der Waals surface area contributed by atoms with Crippen LogP contribution in [-0.2, 0) is 0 Å². The fourth-order valence-corrected chi connectivity index (χ4v) is 1.25. The first kappa shape index (κ1) is 9.79. The van der Waals surface area contributed by atoms with Gasteiger partial charge in [0, 0.05) is 0 Å². The predicted octanol–water partition coefficient (Wildman–Crippen LogP) is 4.06. The summed E-state index contributed by atoms with van der Waals surface area (Å²) in [4.78, 5) is 0. The van der Waals surface area contributed by atoms with Gasteiger partial charge in [-0.05, 0) is 24.5 Å². The van der Waals surface area contributed by atoms with Gasteiger partial charge in [-0.3, -0.25) is 0 Å². The molecule has 13 heavy (non-hydrogen) atoms. The molecule has 0 aromatic heterocycles. The maximum atomic E-state index is 2.22. The van der Waals surface area contributed by atoms with Gasteiger partial charge in [-0.2, -0.15) is 0 Å². The van der Waals surface area contributed by atoms with Crippen molar-refractivity contribution in [1.82, 2.24) is 0 Å². The third-order valence-corrected chi connectivity index (χ3v) is 1.94. The SMILES string of the molecule is C/C=C\C(=C\c1ccccc1)CC. The van der Waals surface area contributed by atoms with Crippen LogP contribution in [0.5, 0.6) is 0 Å². The lowest BCUT2D eigenvalue weighted by Gasteiger charge is -1.97. The van der Waals surface area contributed by atoms with Crippen molar-refractivity contribution >= 4 is 6.08 Å². The van der Waals surface area contributed by atoms with Gasteiger partial charge >= 0.3 is 0 Å². The molecular formula is C13H16. The van der Waals surface area contributed by atoms with Crippen LogP contribution >= 0.6 is 0 Å². The molecule has 0 atom stereocenters. The Morgan fingerprint density at radius 2 is 1.92 bits per heavy atom. The molecule has 0 nitrogen and oxygen atoms in total. The highest BCUT2D eigenvalue weighted by Gasteiger charge is 1.88. The summed E-state index contributed by atoms with van der Waals surface area (Å²) >= 11 is 0. The molecule has 0 unspecified atom stereocenters. The molecule has 0 bridgehead atoms. The Bertz CT molecular complexity index is 291. The zero-order valence-corrected chi connectivity index (χ0v) is 8.33. The summed E-state index contributed by atoms with van der Waals surface area (Å²) in [5.74, 6) is 0. The van der Waals surface area contributed by atoms with E-state index in [0.29, 0.717) is 0 Å². The number of hydrogen-bond donors (Lipinski definition) is 0. The number of allylic oxidation sites excluding steroid dienone is 3. The van der Waals surface area contributed by atoms with Crippen molar-refractivity contribution < 1.29 is 0 Å². The molecule has 1 rings (SSSR count). The van der Waals surface area contributed by atoms with E-state index in [1.165, 1.54) is 11.1 Å². The van der Waals surface area contributed by atoms with E-state index in [-0.39, 0.29) is 0 Å². The standard InChI is InChI=1S/C13H16/c1-3-8-12(4-2)11-13-9-6-5-7-10-13/h3,5-11H,4H2,1-2H3/b8-3-,12-11+. The Kier molecular flexibility index (Phi) is 4.04. The van der Waals surface area contributed by atoms with E-state index in [4.69, 9.17) is 0 Å². The monoisotopic (exact) mass is 172 g/mol. The average molecular weight is 172 g/mol. The predicted molar refractivity (Wildman–Crippen MR) is 59.5 cm³/mol. The lowest BCUT2D eigenvalue weighted by molar-refractivity contribution is 1.16. The van der Waals surface area contributed by atoms with Crippen LogP contribution in [0.3, 0.4) is 0 Å². The molecule has 0 aliphatic heterocycles. The fourth-order valence-electron chi connectivity index (χ4n) is 1.25. The zero-order chi connectivity index (χ0) is 9.52. The van der Waals surface area contributed by atoms with E-state index >= 15 is 0 Å². The molecule has 0 spiro atoms. The third-order valence-electron chi connectivity index (χ3n) is 1.94. The Balaban J connectivity index is 2.85. The second-order valence-electron chi connectivity index (χ2n) is 2.98.